The highest BCUT2D eigenvalue weighted by molar-refractivity contribution is 5.69. The van der Waals surface area contributed by atoms with Crippen LogP contribution in [0.1, 0.15) is 285 Å². The highest BCUT2D eigenvalue weighted by Gasteiger charge is 2.18. The molecule has 0 heterocycles. The van der Waals surface area contributed by atoms with Crippen LogP contribution in [0.4, 0.5) is 4.79 Å². The van der Waals surface area contributed by atoms with E-state index in [1.807, 2.05) is 0 Å². The summed E-state index contributed by atoms with van der Waals surface area (Å²) in [6.07, 6.45) is 58.6. The van der Waals surface area contributed by atoms with Gasteiger partial charge >= 0.3 is 18.1 Å². The van der Waals surface area contributed by atoms with Crippen molar-refractivity contribution in [3.63, 3.8) is 0 Å². The van der Waals surface area contributed by atoms with Gasteiger partial charge in [-0.05, 0) is 135 Å². The first-order valence-electron chi connectivity index (χ1n) is 31.6. The van der Waals surface area contributed by atoms with Crippen LogP contribution in [0.3, 0.4) is 0 Å². The lowest BCUT2D eigenvalue weighted by Gasteiger charge is -2.20. The summed E-state index contributed by atoms with van der Waals surface area (Å²) in [6, 6.07) is 0. The normalized spacial score (nSPS) is 12.4. The van der Waals surface area contributed by atoms with Crippen LogP contribution >= 0.6 is 0 Å². The number of rotatable bonds is 58. The van der Waals surface area contributed by atoms with Crippen LogP contribution in [-0.4, -0.2) is 88.1 Å². The van der Waals surface area contributed by atoms with E-state index in [-0.39, 0.29) is 38.0 Å². The van der Waals surface area contributed by atoms with Crippen LogP contribution in [-0.2, 0) is 38.0 Å². The fourth-order valence-electron chi connectivity index (χ4n) is 8.86. The summed E-state index contributed by atoms with van der Waals surface area (Å²) >= 11 is 0. The molecular formula is C65H119NO9. The fourth-order valence-corrected chi connectivity index (χ4v) is 8.86. The number of unbranched alkanes of at least 4 members (excludes halogenated alkanes) is 26. The van der Waals surface area contributed by atoms with Crippen molar-refractivity contribution in [3.8, 4) is 0 Å². The molecule has 0 fully saturated rings. The highest BCUT2D eigenvalue weighted by atomic mass is 16.7. The van der Waals surface area contributed by atoms with Gasteiger partial charge in [-0.25, -0.2) is 4.79 Å². The van der Waals surface area contributed by atoms with Gasteiger partial charge in [-0.3, -0.25) is 9.59 Å². The lowest BCUT2D eigenvalue weighted by molar-refractivity contribution is -0.165. The molecule has 0 saturated heterocycles. The Morgan fingerprint density at radius 2 is 0.813 bits per heavy atom. The monoisotopic (exact) mass is 1060 g/mol. The van der Waals surface area contributed by atoms with Gasteiger partial charge in [0.25, 0.3) is 0 Å². The lowest BCUT2D eigenvalue weighted by Crippen LogP contribution is -2.29. The maximum Gasteiger partial charge on any atom is 0.508 e. The predicted octanol–water partition coefficient (Wildman–Crippen LogP) is 18.8. The van der Waals surface area contributed by atoms with E-state index in [1.165, 1.54) is 103 Å². The first-order chi connectivity index (χ1) is 36.9. The first kappa shape index (κ1) is 72.0. The van der Waals surface area contributed by atoms with E-state index in [0.717, 1.165) is 142 Å². The quantitative estimate of drug-likeness (QED) is 0.0192. The van der Waals surface area contributed by atoms with Crippen LogP contribution < -0.4 is 0 Å². The predicted molar refractivity (Wildman–Crippen MR) is 315 cm³/mol. The number of allylic oxidation sites excluding steroid dienone is 8. The standard InChI is InChI=1S/C65H119NO9/c1-6-11-14-17-20-23-26-28-30-32-34-37-40-43-46-53-63(67)72-58-62(59-73-64(68)54-47-44-41-38-35-33-31-29-27-24-21-18-15-12-7-2)74-60-70-56-50-52-61(51-45-42-39-36-25-22-19-16-13-8-3)75-65(69)71-57-49-48-55-66(9-4)10-5/h20-21,23-24,28-31,61-62H,6-19,22,25-27,32-60H2,1-5H3/b23-20-,24-21-,30-28-,31-29-. The average molecular weight is 1060 g/mol. The van der Waals surface area contributed by atoms with E-state index in [2.05, 4.69) is 88.1 Å². The number of esters is 2. The van der Waals surface area contributed by atoms with Gasteiger partial charge in [0.05, 0.1) is 6.61 Å². The van der Waals surface area contributed by atoms with Gasteiger partial charge in [-0.1, -0.05) is 205 Å². The topological polar surface area (TPSA) is 110 Å². The second kappa shape index (κ2) is 60.3. The number of hydrogen-bond donors (Lipinski definition) is 0. The number of nitrogens with zero attached hydrogens (tertiary/aromatic N) is 1. The molecule has 10 heteroatoms. The van der Waals surface area contributed by atoms with Crippen LogP contribution in [0, 0.1) is 0 Å². The van der Waals surface area contributed by atoms with Crippen molar-refractivity contribution in [2.24, 2.45) is 0 Å². The smallest absolute Gasteiger partial charge is 0.463 e. The first-order valence-corrected chi connectivity index (χ1v) is 31.6. The molecule has 0 amide bonds. The Kier molecular flexibility index (Phi) is 57.9. The molecule has 0 rings (SSSR count). The summed E-state index contributed by atoms with van der Waals surface area (Å²) in [5, 5.41) is 0. The van der Waals surface area contributed by atoms with Crippen LogP contribution in [0.25, 0.3) is 0 Å². The van der Waals surface area contributed by atoms with E-state index in [0.29, 0.717) is 38.9 Å². The average Bonchev–Trinajstić information content (AvgIpc) is 3.41. The van der Waals surface area contributed by atoms with Gasteiger partial charge in [0.2, 0.25) is 0 Å². The van der Waals surface area contributed by atoms with E-state index in [4.69, 9.17) is 28.4 Å². The number of carbonyl (C=O) groups excluding carboxylic acids is 3. The summed E-state index contributed by atoms with van der Waals surface area (Å²) in [6.45, 7) is 14.8. The molecule has 0 aliphatic heterocycles. The maximum atomic E-state index is 12.8. The van der Waals surface area contributed by atoms with E-state index in [1.54, 1.807) is 0 Å². The molecule has 0 aromatic heterocycles. The second-order valence-corrected chi connectivity index (χ2v) is 20.8. The Morgan fingerprint density at radius 1 is 0.400 bits per heavy atom. The summed E-state index contributed by atoms with van der Waals surface area (Å²) in [4.78, 5) is 40.7. The van der Waals surface area contributed by atoms with Crippen molar-refractivity contribution in [1.82, 2.24) is 4.90 Å². The number of carbonyl (C=O) groups is 3. The van der Waals surface area contributed by atoms with Gasteiger partial charge in [0.15, 0.2) is 0 Å². The van der Waals surface area contributed by atoms with Crippen molar-refractivity contribution in [3.05, 3.63) is 48.6 Å². The zero-order valence-electron chi connectivity index (χ0n) is 49.6. The third-order valence-electron chi connectivity index (χ3n) is 13.9. The van der Waals surface area contributed by atoms with E-state index in [9.17, 15) is 14.4 Å². The molecule has 0 N–H and O–H groups in total. The molecule has 0 aromatic rings. The van der Waals surface area contributed by atoms with Crippen LogP contribution in [0.5, 0.6) is 0 Å². The maximum absolute atomic E-state index is 12.8. The minimum Gasteiger partial charge on any atom is -0.463 e. The molecule has 438 valence electrons. The molecule has 75 heavy (non-hydrogen) atoms. The molecule has 0 aromatic carbocycles. The molecule has 1 atom stereocenters. The van der Waals surface area contributed by atoms with E-state index < -0.39 is 12.3 Å². The largest absolute Gasteiger partial charge is 0.508 e. The van der Waals surface area contributed by atoms with Gasteiger partial charge in [-0.2, -0.15) is 0 Å². The molecule has 0 aliphatic rings. The Balaban J connectivity index is 4.94. The zero-order chi connectivity index (χ0) is 54.6. The Labute approximate surface area is 462 Å². The molecule has 0 spiro atoms. The Morgan fingerprint density at radius 3 is 1.29 bits per heavy atom. The summed E-state index contributed by atoms with van der Waals surface area (Å²) in [7, 11) is 0. The minimum absolute atomic E-state index is 0.00816. The van der Waals surface area contributed by atoms with E-state index >= 15 is 0 Å². The summed E-state index contributed by atoms with van der Waals surface area (Å²) < 4.78 is 34.5. The summed E-state index contributed by atoms with van der Waals surface area (Å²) in [5.74, 6) is -0.531. The summed E-state index contributed by atoms with van der Waals surface area (Å²) in [5.41, 5.74) is 0. The van der Waals surface area contributed by atoms with Crippen molar-refractivity contribution in [1.29, 1.82) is 0 Å². The van der Waals surface area contributed by atoms with Crippen molar-refractivity contribution >= 4 is 18.1 Å². The van der Waals surface area contributed by atoms with Crippen molar-refractivity contribution in [2.75, 3.05) is 52.9 Å². The molecule has 0 saturated carbocycles. The minimum atomic E-state index is -0.638. The number of hydrogen-bond acceptors (Lipinski definition) is 10. The SMILES string of the molecule is CCCCC/C=C\C/C=C\CCCCCCCC(=O)OCC(COC(=O)CCCCCCC/C=C\C/C=C\CCCCC)OCOCCCC(CCCCCCCCCCCC)OC(=O)OCCCCN(CC)CC. The molecule has 0 radical (unpaired) electrons. The molecule has 1 unspecified atom stereocenters. The van der Waals surface area contributed by atoms with Gasteiger partial charge in [0.1, 0.15) is 32.2 Å². The van der Waals surface area contributed by atoms with Gasteiger partial charge < -0.3 is 33.3 Å². The van der Waals surface area contributed by atoms with Crippen molar-refractivity contribution < 1.29 is 42.8 Å². The lowest BCUT2D eigenvalue weighted by atomic mass is 10.0. The van der Waals surface area contributed by atoms with Gasteiger partial charge in [-0.15, -0.1) is 0 Å². The zero-order valence-corrected chi connectivity index (χ0v) is 49.6. The fraction of sp³-hybridized carbons (Fsp3) is 0.831. The highest BCUT2D eigenvalue weighted by Crippen LogP contribution is 2.17. The number of ether oxygens (including phenoxy) is 6. The van der Waals surface area contributed by atoms with Gasteiger partial charge in [0, 0.05) is 19.4 Å². The second-order valence-electron chi connectivity index (χ2n) is 20.8. The van der Waals surface area contributed by atoms with Crippen LogP contribution in [0.15, 0.2) is 48.6 Å². The van der Waals surface area contributed by atoms with Crippen molar-refractivity contribution in [2.45, 2.75) is 297 Å². The Hall–Kier alpha value is -2.95. The molecule has 0 aliphatic carbocycles. The molecule has 10 nitrogen and oxygen atoms in total. The third-order valence-corrected chi connectivity index (χ3v) is 13.9. The van der Waals surface area contributed by atoms with Crippen LogP contribution in [0.2, 0.25) is 0 Å². The molecule has 0 bridgehead atoms. The third kappa shape index (κ3) is 55.6. The Bertz CT molecular complexity index is 1280. The molecular weight excluding hydrogens is 939 g/mol.